The summed E-state index contributed by atoms with van der Waals surface area (Å²) in [6.45, 7) is 2.29. The Kier molecular flexibility index (Phi) is 5.44. The lowest BCUT2D eigenvalue weighted by atomic mass is 9.77. The smallest absolute Gasteiger partial charge is 0.173 e. The lowest BCUT2D eigenvalue weighted by Gasteiger charge is -2.28. The van der Waals surface area contributed by atoms with E-state index in [1.165, 1.54) is 37.7 Å². The summed E-state index contributed by atoms with van der Waals surface area (Å²) in [7, 11) is 0. The fourth-order valence-electron chi connectivity index (χ4n) is 3.75. The van der Waals surface area contributed by atoms with E-state index in [-0.39, 0.29) is 0 Å². The minimum Gasteiger partial charge on any atom is -0.173 e. The summed E-state index contributed by atoms with van der Waals surface area (Å²) < 4.78 is 24.5. The third kappa shape index (κ3) is 4.11. The number of benzene rings is 2. The van der Waals surface area contributed by atoms with Crippen LogP contribution >= 0.6 is 0 Å². The van der Waals surface area contributed by atoms with Crippen LogP contribution in [0.4, 0.5) is 8.78 Å². The summed E-state index contributed by atoms with van der Waals surface area (Å²) in [6.07, 6.45) is 5.83. The number of hydrogen-bond acceptors (Lipinski definition) is 0. The summed E-state index contributed by atoms with van der Waals surface area (Å²) >= 11 is 0. The second kappa shape index (κ2) is 7.74. The highest BCUT2D eigenvalue weighted by molar-refractivity contribution is 5.66. The van der Waals surface area contributed by atoms with E-state index < -0.39 is 6.08 Å². The third-order valence-electron chi connectivity index (χ3n) is 5.33. The maximum atomic E-state index is 12.3. The molecule has 0 radical (unpaired) electrons. The quantitative estimate of drug-likeness (QED) is 0.554. The molecule has 1 saturated carbocycles. The average Bonchev–Trinajstić information content (AvgIpc) is 2.62. The van der Waals surface area contributed by atoms with Gasteiger partial charge in [-0.05, 0) is 59.8 Å². The number of hydrogen-bond donors (Lipinski definition) is 0. The molecular weight excluding hydrogens is 302 g/mol. The zero-order chi connectivity index (χ0) is 16.9. The van der Waals surface area contributed by atoms with Gasteiger partial charge in [0.25, 0.3) is 6.08 Å². The second-order valence-electron chi connectivity index (χ2n) is 6.80. The van der Waals surface area contributed by atoms with Crippen LogP contribution in [0.2, 0.25) is 0 Å². The Hall–Kier alpha value is -1.96. The molecular formula is C22H24F2. The second-order valence-corrected chi connectivity index (χ2v) is 6.80. The van der Waals surface area contributed by atoms with E-state index >= 15 is 0 Å². The highest BCUT2D eigenvalue weighted by Crippen LogP contribution is 2.37. The first-order valence-corrected chi connectivity index (χ1v) is 8.89. The minimum absolute atomic E-state index is 0.531. The average molecular weight is 326 g/mol. The van der Waals surface area contributed by atoms with Gasteiger partial charge >= 0.3 is 0 Å². The van der Waals surface area contributed by atoms with Gasteiger partial charge in [-0.3, -0.25) is 0 Å². The Bertz CT molecular complexity index is 671. The van der Waals surface area contributed by atoms with E-state index in [1.807, 2.05) is 12.1 Å². The molecule has 3 rings (SSSR count). The molecule has 0 spiro atoms. The molecule has 0 N–H and O–H groups in total. The van der Waals surface area contributed by atoms with Crippen LogP contribution in [0, 0.1) is 5.92 Å². The van der Waals surface area contributed by atoms with Crippen LogP contribution in [0.5, 0.6) is 0 Å². The third-order valence-corrected chi connectivity index (χ3v) is 5.33. The van der Waals surface area contributed by atoms with E-state index in [0.717, 1.165) is 23.1 Å². The van der Waals surface area contributed by atoms with Crippen molar-refractivity contribution in [2.24, 2.45) is 5.92 Å². The molecule has 2 aromatic rings. The highest BCUT2D eigenvalue weighted by atomic mass is 19.3. The van der Waals surface area contributed by atoms with E-state index in [0.29, 0.717) is 11.5 Å². The molecule has 0 unspecified atom stereocenters. The first-order valence-electron chi connectivity index (χ1n) is 8.89. The van der Waals surface area contributed by atoms with Gasteiger partial charge in [-0.2, -0.15) is 8.78 Å². The Labute approximate surface area is 143 Å². The monoisotopic (exact) mass is 326 g/mol. The van der Waals surface area contributed by atoms with Gasteiger partial charge in [0.1, 0.15) is 0 Å². The van der Waals surface area contributed by atoms with Crippen LogP contribution in [0.3, 0.4) is 0 Å². The molecule has 126 valence electrons. The van der Waals surface area contributed by atoms with Crippen molar-refractivity contribution in [3.05, 3.63) is 65.7 Å². The van der Waals surface area contributed by atoms with Crippen LogP contribution < -0.4 is 0 Å². The first-order chi connectivity index (χ1) is 11.7. The van der Waals surface area contributed by atoms with Crippen LogP contribution in [0.15, 0.2) is 54.6 Å². The largest absolute Gasteiger partial charge is 0.270 e. The van der Waals surface area contributed by atoms with Gasteiger partial charge in [0.15, 0.2) is 0 Å². The Morgan fingerprint density at radius 2 is 1.42 bits per heavy atom. The molecule has 0 amide bonds. The molecule has 0 bridgehead atoms. The van der Waals surface area contributed by atoms with Crippen molar-refractivity contribution in [2.75, 3.05) is 0 Å². The van der Waals surface area contributed by atoms with Gasteiger partial charge in [-0.15, -0.1) is 0 Å². The molecule has 2 heteroatoms. The predicted octanol–water partition coefficient (Wildman–Crippen LogP) is 7.27. The summed E-state index contributed by atoms with van der Waals surface area (Å²) in [5, 5.41) is 0. The molecule has 0 saturated heterocycles. The SMILES string of the molecule is CC[C@H]1CC[C@H](c2ccc(-c3ccc(C=C(F)F)cc3)cc2)CC1. The lowest BCUT2D eigenvalue weighted by Crippen LogP contribution is -2.12. The van der Waals surface area contributed by atoms with Gasteiger partial charge in [-0.25, -0.2) is 0 Å². The minimum atomic E-state index is -1.66. The zero-order valence-electron chi connectivity index (χ0n) is 14.1. The molecule has 1 aliphatic rings. The fraction of sp³-hybridized carbons (Fsp3) is 0.364. The van der Waals surface area contributed by atoms with Crippen molar-refractivity contribution < 1.29 is 8.78 Å². The molecule has 1 aliphatic carbocycles. The summed E-state index contributed by atoms with van der Waals surface area (Å²) in [4.78, 5) is 0. The van der Waals surface area contributed by atoms with Crippen molar-refractivity contribution in [1.29, 1.82) is 0 Å². The van der Waals surface area contributed by atoms with E-state index in [1.54, 1.807) is 12.1 Å². The van der Waals surface area contributed by atoms with Gasteiger partial charge in [-0.1, -0.05) is 61.9 Å². The fourth-order valence-corrected chi connectivity index (χ4v) is 3.75. The van der Waals surface area contributed by atoms with Crippen molar-refractivity contribution >= 4 is 6.08 Å². The molecule has 24 heavy (non-hydrogen) atoms. The number of halogens is 2. The molecule has 0 aliphatic heterocycles. The zero-order valence-corrected chi connectivity index (χ0v) is 14.1. The van der Waals surface area contributed by atoms with E-state index in [4.69, 9.17) is 0 Å². The Balaban J connectivity index is 1.69. The predicted molar refractivity (Wildman–Crippen MR) is 97.1 cm³/mol. The Morgan fingerprint density at radius 1 is 0.875 bits per heavy atom. The van der Waals surface area contributed by atoms with Gasteiger partial charge in [0, 0.05) is 6.08 Å². The van der Waals surface area contributed by atoms with Crippen LogP contribution in [-0.2, 0) is 0 Å². The van der Waals surface area contributed by atoms with Crippen LogP contribution in [0.1, 0.15) is 56.1 Å². The van der Waals surface area contributed by atoms with Crippen LogP contribution in [0.25, 0.3) is 17.2 Å². The molecule has 0 atom stereocenters. The van der Waals surface area contributed by atoms with Gasteiger partial charge < -0.3 is 0 Å². The highest BCUT2D eigenvalue weighted by Gasteiger charge is 2.21. The molecule has 0 heterocycles. The normalized spacial score (nSPS) is 20.6. The topological polar surface area (TPSA) is 0 Å². The molecule has 1 fully saturated rings. The summed E-state index contributed by atoms with van der Waals surface area (Å²) in [5.74, 6) is 1.61. The summed E-state index contributed by atoms with van der Waals surface area (Å²) in [5.41, 5.74) is 4.17. The standard InChI is InChI=1S/C22H24F2/c1-2-16-3-7-18(8-4-16)20-11-13-21(14-12-20)19-9-5-17(6-10-19)15-22(23)24/h5-6,9-16,18H,2-4,7-8H2,1H3/t16-,18-. The number of rotatable bonds is 4. The van der Waals surface area contributed by atoms with Crippen LogP contribution in [-0.4, -0.2) is 0 Å². The van der Waals surface area contributed by atoms with Gasteiger partial charge in [0.05, 0.1) is 0 Å². The van der Waals surface area contributed by atoms with Crippen molar-refractivity contribution in [2.45, 2.75) is 44.9 Å². The summed E-state index contributed by atoms with van der Waals surface area (Å²) in [6, 6.07) is 16.0. The molecule has 0 aromatic heterocycles. The maximum absolute atomic E-state index is 12.3. The first kappa shape index (κ1) is 16.9. The van der Waals surface area contributed by atoms with Gasteiger partial charge in [0.2, 0.25) is 0 Å². The van der Waals surface area contributed by atoms with E-state index in [2.05, 4.69) is 31.2 Å². The molecule has 0 nitrogen and oxygen atoms in total. The van der Waals surface area contributed by atoms with E-state index in [9.17, 15) is 8.78 Å². The van der Waals surface area contributed by atoms with Crippen molar-refractivity contribution in [1.82, 2.24) is 0 Å². The maximum Gasteiger partial charge on any atom is 0.270 e. The Morgan fingerprint density at radius 3 is 1.92 bits per heavy atom. The lowest BCUT2D eigenvalue weighted by molar-refractivity contribution is 0.319. The van der Waals surface area contributed by atoms with Crippen molar-refractivity contribution in [3.63, 3.8) is 0 Å². The molecule has 2 aromatic carbocycles. The van der Waals surface area contributed by atoms with Crippen molar-refractivity contribution in [3.8, 4) is 11.1 Å².